The first-order valence-corrected chi connectivity index (χ1v) is 18.9. The van der Waals surface area contributed by atoms with Crippen molar-refractivity contribution in [2.75, 3.05) is 80.6 Å². The standard InChI is InChI=1S/C36H59N3O21/c1-22(16-52-4)58-31(46)10-7-28(43)55-19-25(40)13-37-34(49)38(14-26(41)20-56-29(44)8-11-32(47)59-23(2)17-53-5)36(51)39(35(37)50)15-27(42)21-57-30(45)9-12-33(48)60-24(3)18-54-6/h22-27,34,40-42,49H,7-21H2,1-6H3. The lowest BCUT2D eigenvalue weighted by Gasteiger charge is -2.45. The minimum absolute atomic E-state index is 0.130. The first-order valence-electron chi connectivity index (χ1n) is 18.9. The molecule has 1 saturated heterocycles. The summed E-state index contributed by atoms with van der Waals surface area (Å²) >= 11 is 0. The van der Waals surface area contributed by atoms with Crippen molar-refractivity contribution < 1.29 is 101 Å². The molecule has 0 bridgehead atoms. The van der Waals surface area contributed by atoms with E-state index < -0.39 is 150 Å². The summed E-state index contributed by atoms with van der Waals surface area (Å²) < 4.78 is 44.7. The minimum atomic E-state index is -2.17. The summed E-state index contributed by atoms with van der Waals surface area (Å²) in [7, 11) is 4.24. The third-order valence-corrected chi connectivity index (χ3v) is 7.83. The van der Waals surface area contributed by atoms with Crippen LogP contribution in [0.1, 0.15) is 59.3 Å². The number of esters is 6. The van der Waals surface area contributed by atoms with E-state index in [0.717, 1.165) is 0 Å². The molecule has 344 valence electrons. The number of β-amino-alcohol motifs (C(OH)–C–C–N with tert-alkyl or cyclic N) is 3. The number of ether oxygens (including phenoxy) is 9. The van der Waals surface area contributed by atoms with Crippen LogP contribution in [0.5, 0.6) is 0 Å². The van der Waals surface area contributed by atoms with Gasteiger partial charge in [0.1, 0.15) is 56.4 Å². The van der Waals surface area contributed by atoms with Crippen molar-refractivity contribution in [2.45, 2.75) is 102 Å². The Balaban J connectivity index is 2.96. The maximum Gasteiger partial charge on any atom is 0.331 e. The molecular weight excluding hydrogens is 810 g/mol. The fourth-order valence-electron chi connectivity index (χ4n) is 5.13. The number of hydrogen-bond acceptors (Lipinski definition) is 21. The Morgan fingerprint density at radius 1 is 0.483 bits per heavy atom. The Kier molecular flexibility index (Phi) is 25.5. The lowest BCUT2D eigenvalue weighted by Crippen LogP contribution is -2.69. The summed E-state index contributed by atoms with van der Waals surface area (Å²) in [6.45, 7) is 0.453. The van der Waals surface area contributed by atoms with Crippen molar-refractivity contribution in [3.05, 3.63) is 0 Å². The fraction of sp³-hybridized carbons (Fsp3) is 0.778. The average Bonchev–Trinajstić information content (AvgIpc) is 3.18. The number of aliphatic hydroxyl groups excluding tert-OH is 4. The van der Waals surface area contributed by atoms with Crippen molar-refractivity contribution in [2.24, 2.45) is 0 Å². The van der Waals surface area contributed by atoms with Gasteiger partial charge in [-0.25, -0.2) is 14.5 Å². The zero-order valence-electron chi connectivity index (χ0n) is 34.7. The molecular formula is C36H59N3O21. The van der Waals surface area contributed by atoms with Crippen LogP contribution in [-0.4, -0.2) is 207 Å². The van der Waals surface area contributed by atoms with E-state index in [4.69, 9.17) is 42.6 Å². The van der Waals surface area contributed by atoms with Gasteiger partial charge < -0.3 is 63.1 Å². The fourth-order valence-corrected chi connectivity index (χ4v) is 5.13. The Morgan fingerprint density at radius 3 is 1.03 bits per heavy atom. The third-order valence-electron chi connectivity index (χ3n) is 7.83. The van der Waals surface area contributed by atoms with Crippen molar-refractivity contribution >= 4 is 47.9 Å². The van der Waals surface area contributed by atoms with Crippen molar-refractivity contribution in [3.63, 3.8) is 0 Å². The number of rotatable bonds is 30. The highest BCUT2D eigenvalue weighted by Crippen LogP contribution is 2.20. The number of methoxy groups -OCH3 is 3. The summed E-state index contributed by atoms with van der Waals surface area (Å²) in [5.41, 5.74) is 0. The van der Waals surface area contributed by atoms with Gasteiger partial charge in [0.15, 0.2) is 0 Å². The van der Waals surface area contributed by atoms with Gasteiger partial charge in [0.05, 0.1) is 78.0 Å². The van der Waals surface area contributed by atoms with Crippen LogP contribution in [0.25, 0.3) is 0 Å². The minimum Gasteiger partial charge on any atom is -0.463 e. The van der Waals surface area contributed by atoms with Gasteiger partial charge in [-0.1, -0.05) is 0 Å². The lowest BCUT2D eigenvalue weighted by molar-refractivity contribution is -0.157. The van der Waals surface area contributed by atoms with Crippen molar-refractivity contribution in [1.29, 1.82) is 0 Å². The Morgan fingerprint density at radius 2 is 0.750 bits per heavy atom. The van der Waals surface area contributed by atoms with Crippen LogP contribution in [0.2, 0.25) is 0 Å². The number of aliphatic hydroxyl groups is 4. The van der Waals surface area contributed by atoms with E-state index in [9.17, 15) is 58.8 Å². The molecule has 0 aromatic rings. The molecule has 6 unspecified atom stereocenters. The normalized spacial score (nSPS) is 17.2. The number of hydrogen-bond donors (Lipinski definition) is 4. The molecule has 1 heterocycles. The monoisotopic (exact) mass is 869 g/mol. The lowest BCUT2D eigenvalue weighted by atomic mass is 10.2. The van der Waals surface area contributed by atoms with E-state index in [1.54, 1.807) is 20.8 Å². The summed E-state index contributed by atoms with van der Waals surface area (Å²) in [5.74, 6) is -4.89. The summed E-state index contributed by atoms with van der Waals surface area (Å²) in [6, 6.07) is -2.54. The van der Waals surface area contributed by atoms with Crippen LogP contribution in [0.4, 0.5) is 9.59 Å². The average molecular weight is 870 g/mol. The molecule has 60 heavy (non-hydrogen) atoms. The van der Waals surface area contributed by atoms with E-state index >= 15 is 0 Å². The van der Waals surface area contributed by atoms with Gasteiger partial charge in [-0.3, -0.25) is 38.6 Å². The molecule has 0 aromatic carbocycles. The van der Waals surface area contributed by atoms with Gasteiger partial charge in [-0.15, -0.1) is 0 Å². The second kappa shape index (κ2) is 28.7. The zero-order chi connectivity index (χ0) is 45.4. The van der Waals surface area contributed by atoms with E-state index in [2.05, 4.69) is 0 Å². The summed E-state index contributed by atoms with van der Waals surface area (Å²) in [6.07, 6.45) is -11.3. The second-order valence-electron chi connectivity index (χ2n) is 13.6. The van der Waals surface area contributed by atoms with Crippen LogP contribution in [0, 0.1) is 0 Å². The Labute approximate surface area is 346 Å². The summed E-state index contributed by atoms with van der Waals surface area (Å²) in [4.78, 5) is 101. The number of imide groups is 1. The molecule has 1 aliphatic rings. The molecule has 0 saturated carbocycles. The van der Waals surface area contributed by atoms with Gasteiger partial charge in [0.25, 0.3) is 0 Å². The van der Waals surface area contributed by atoms with E-state index in [0.29, 0.717) is 14.7 Å². The van der Waals surface area contributed by atoms with Crippen LogP contribution < -0.4 is 0 Å². The highest BCUT2D eigenvalue weighted by atomic mass is 16.6. The molecule has 6 atom stereocenters. The molecule has 0 aromatic heterocycles. The van der Waals surface area contributed by atoms with Crippen molar-refractivity contribution in [1.82, 2.24) is 14.7 Å². The predicted octanol–water partition coefficient (Wildman–Crippen LogP) is -1.79. The molecule has 0 aliphatic carbocycles. The van der Waals surface area contributed by atoms with Crippen LogP contribution in [0.15, 0.2) is 0 Å². The van der Waals surface area contributed by atoms with E-state index in [-0.39, 0.29) is 39.1 Å². The highest BCUT2D eigenvalue weighted by Gasteiger charge is 2.45. The largest absolute Gasteiger partial charge is 0.463 e. The number of amides is 4. The highest BCUT2D eigenvalue weighted by molar-refractivity contribution is 5.96. The maximum absolute atomic E-state index is 13.5. The van der Waals surface area contributed by atoms with Crippen LogP contribution in [0.3, 0.4) is 0 Å². The summed E-state index contributed by atoms with van der Waals surface area (Å²) in [5, 5.41) is 43.1. The molecule has 1 fully saturated rings. The zero-order valence-corrected chi connectivity index (χ0v) is 34.7. The topological polar surface area (TPSA) is 310 Å². The molecule has 1 rings (SSSR count). The van der Waals surface area contributed by atoms with Crippen LogP contribution >= 0.6 is 0 Å². The van der Waals surface area contributed by atoms with Crippen molar-refractivity contribution in [3.8, 4) is 0 Å². The third kappa shape index (κ3) is 21.5. The van der Waals surface area contributed by atoms with Gasteiger partial charge in [0.2, 0.25) is 6.35 Å². The molecule has 1 aliphatic heterocycles. The van der Waals surface area contributed by atoms with Gasteiger partial charge in [-0.05, 0) is 20.8 Å². The Hall–Kier alpha value is -4.72. The van der Waals surface area contributed by atoms with E-state index in [1.165, 1.54) is 21.3 Å². The first-order chi connectivity index (χ1) is 28.3. The number of nitrogens with zero attached hydrogens (tertiary/aromatic N) is 3. The van der Waals surface area contributed by atoms with Gasteiger partial charge >= 0.3 is 47.9 Å². The molecule has 0 spiro atoms. The Bertz CT molecular complexity index is 1330. The SMILES string of the molecule is COCC(C)OC(=O)CCC(=O)OCC(O)CN1C(=O)N(CC(O)COC(=O)CCC(=O)OC(C)COC)C(O)N(CC(O)COC(=O)CCC(=O)OC(C)COC)C1=O. The molecule has 24 heteroatoms. The molecule has 24 nitrogen and oxygen atoms in total. The molecule has 4 N–H and O–H groups in total. The molecule has 0 radical (unpaired) electrons. The maximum atomic E-state index is 13.5. The number of carbonyl (C=O) groups excluding carboxylic acids is 8. The molecule has 4 amide bonds. The second-order valence-corrected chi connectivity index (χ2v) is 13.6. The number of carbonyl (C=O) groups is 8. The predicted molar refractivity (Wildman–Crippen MR) is 198 cm³/mol. The smallest absolute Gasteiger partial charge is 0.331 e. The first kappa shape index (κ1) is 53.3. The van der Waals surface area contributed by atoms with Crippen LogP contribution in [-0.2, 0) is 71.4 Å². The van der Waals surface area contributed by atoms with E-state index in [1.807, 2.05) is 0 Å². The van der Waals surface area contributed by atoms with Gasteiger partial charge in [0, 0.05) is 21.3 Å². The quantitative estimate of drug-likeness (QED) is 0.0458. The number of urea groups is 2. The van der Waals surface area contributed by atoms with Gasteiger partial charge in [-0.2, -0.15) is 0 Å².